The van der Waals surface area contributed by atoms with Crippen LogP contribution in [0.1, 0.15) is 26.2 Å². The first-order valence-corrected chi connectivity index (χ1v) is 9.85. The molecule has 0 radical (unpaired) electrons. The van der Waals surface area contributed by atoms with Crippen LogP contribution < -0.4 is 20.5 Å². The van der Waals surface area contributed by atoms with Gasteiger partial charge in [-0.15, -0.1) is 0 Å². The molecule has 3 heterocycles. The molecule has 1 fully saturated rings. The van der Waals surface area contributed by atoms with Gasteiger partial charge in [-0.3, -0.25) is 4.79 Å². The molecule has 10 heteroatoms. The lowest BCUT2D eigenvalue weighted by molar-refractivity contribution is -0.0498. The summed E-state index contributed by atoms with van der Waals surface area (Å²) in [5.41, 5.74) is 0.592. The molecule has 0 spiro atoms. The van der Waals surface area contributed by atoms with E-state index in [0.717, 1.165) is 32.4 Å². The minimum Gasteiger partial charge on any atom is -0.435 e. The van der Waals surface area contributed by atoms with E-state index in [0.29, 0.717) is 28.9 Å². The molecule has 4 rings (SSSR count). The summed E-state index contributed by atoms with van der Waals surface area (Å²) in [5.74, 6) is 1.62. The molecule has 0 amide bonds. The van der Waals surface area contributed by atoms with Crippen LogP contribution in [0.25, 0.3) is 10.9 Å². The Morgan fingerprint density at radius 3 is 2.63 bits per heavy atom. The van der Waals surface area contributed by atoms with Gasteiger partial charge in [0.2, 0.25) is 5.95 Å². The van der Waals surface area contributed by atoms with Crippen LogP contribution in [0.5, 0.6) is 5.75 Å². The number of aromatic amines is 1. The van der Waals surface area contributed by atoms with Crippen LogP contribution in [0.15, 0.2) is 35.3 Å². The van der Waals surface area contributed by atoms with E-state index >= 15 is 0 Å². The average Bonchev–Trinajstić information content (AvgIpc) is 2.74. The van der Waals surface area contributed by atoms with Crippen molar-refractivity contribution in [3.63, 3.8) is 0 Å². The van der Waals surface area contributed by atoms with E-state index in [2.05, 4.69) is 42.0 Å². The number of H-pyrrole nitrogens is 1. The summed E-state index contributed by atoms with van der Waals surface area (Å²) in [5, 5.41) is 9.63. The number of rotatable bonds is 6. The molecule has 1 aromatic carbocycles. The number of hydrogen-bond donors (Lipinski definition) is 2. The van der Waals surface area contributed by atoms with Crippen molar-refractivity contribution >= 4 is 28.4 Å². The standard InChI is InChI=1S/C20H22F2N6O2/c1-2-12-7-9-28(10-8-12)20-25-15-11-23-27-18(29)16(15)17(26-20)24-13-3-5-14(6-4-13)30-19(21)22/h3-6,11-12,19H,2,7-10H2,1H3,(H,27,29)(H,24,25,26). The third-order valence-corrected chi connectivity index (χ3v) is 5.32. The highest BCUT2D eigenvalue weighted by Gasteiger charge is 2.22. The molecule has 1 aliphatic rings. The van der Waals surface area contributed by atoms with Crippen molar-refractivity contribution in [1.29, 1.82) is 0 Å². The molecule has 0 atom stereocenters. The first-order valence-electron chi connectivity index (χ1n) is 9.85. The minimum atomic E-state index is -2.89. The van der Waals surface area contributed by atoms with E-state index in [1.807, 2.05) is 0 Å². The molecule has 0 aliphatic carbocycles. The van der Waals surface area contributed by atoms with Crippen molar-refractivity contribution in [2.45, 2.75) is 32.8 Å². The Kier molecular flexibility index (Phi) is 5.73. The maximum Gasteiger partial charge on any atom is 0.387 e. The zero-order chi connectivity index (χ0) is 21.1. The van der Waals surface area contributed by atoms with Gasteiger partial charge in [0.15, 0.2) is 0 Å². The summed E-state index contributed by atoms with van der Waals surface area (Å²) >= 11 is 0. The number of halogens is 2. The van der Waals surface area contributed by atoms with Crippen molar-refractivity contribution in [1.82, 2.24) is 20.2 Å². The highest BCUT2D eigenvalue weighted by atomic mass is 19.3. The Morgan fingerprint density at radius 2 is 1.97 bits per heavy atom. The van der Waals surface area contributed by atoms with E-state index in [4.69, 9.17) is 0 Å². The van der Waals surface area contributed by atoms with E-state index in [9.17, 15) is 13.6 Å². The van der Waals surface area contributed by atoms with Gasteiger partial charge in [-0.05, 0) is 43.0 Å². The minimum absolute atomic E-state index is 0.0460. The lowest BCUT2D eigenvalue weighted by atomic mass is 9.95. The first-order chi connectivity index (χ1) is 14.5. The van der Waals surface area contributed by atoms with E-state index in [-0.39, 0.29) is 11.1 Å². The van der Waals surface area contributed by atoms with Crippen LogP contribution in [-0.2, 0) is 0 Å². The SMILES string of the molecule is CCC1CCN(c2nc(Nc3ccc(OC(F)F)cc3)c3c(=O)[nH]ncc3n2)CC1. The van der Waals surface area contributed by atoms with Crippen molar-refractivity contribution in [3.05, 3.63) is 40.8 Å². The van der Waals surface area contributed by atoms with Crippen LogP contribution in [0.3, 0.4) is 0 Å². The number of aromatic nitrogens is 4. The number of benzene rings is 1. The van der Waals surface area contributed by atoms with Crippen LogP contribution >= 0.6 is 0 Å². The van der Waals surface area contributed by atoms with Gasteiger partial charge in [-0.2, -0.15) is 18.9 Å². The Labute approximate surface area is 171 Å². The second-order valence-corrected chi connectivity index (χ2v) is 7.20. The highest BCUT2D eigenvalue weighted by Crippen LogP contribution is 2.28. The fraction of sp³-hybridized carbons (Fsp3) is 0.400. The molecule has 1 saturated heterocycles. The van der Waals surface area contributed by atoms with Gasteiger partial charge in [0.25, 0.3) is 5.56 Å². The van der Waals surface area contributed by atoms with E-state index < -0.39 is 12.2 Å². The second kappa shape index (κ2) is 8.60. The molecule has 0 bridgehead atoms. The molecule has 0 unspecified atom stereocenters. The van der Waals surface area contributed by atoms with Crippen molar-refractivity contribution in [2.75, 3.05) is 23.3 Å². The second-order valence-electron chi connectivity index (χ2n) is 7.20. The molecule has 8 nitrogen and oxygen atoms in total. The number of piperidine rings is 1. The van der Waals surface area contributed by atoms with Crippen LogP contribution in [0.2, 0.25) is 0 Å². The maximum atomic E-state index is 12.4. The van der Waals surface area contributed by atoms with Gasteiger partial charge in [0, 0.05) is 18.8 Å². The molecular formula is C20H22F2N6O2. The Balaban J connectivity index is 1.66. The molecule has 2 aromatic heterocycles. The molecule has 3 aromatic rings. The van der Waals surface area contributed by atoms with Crippen molar-refractivity contribution in [3.8, 4) is 5.75 Å². The molecule has 30 heavy (non-hydrogen) atoms. The Bertz CT molecular complexity index is 1070. The number of nitrogens with one attached hydrogen (secondary N) is 2. The maximum absolute atomic E-state index is 12.4. The number of anilines is 3. The smallest absolute Gasteiger partial charge is 0.387 e. The van der Waals surface area contributed by atoms with Crippen LogP contribution in [-0.4, -0.2) is 39.9 Å². The van der Waals surface area contributed by atoms with Crippen molar-refractivity contribution < 1.29 is 13.5 Å². The normalized spacial score (nSPS) is 15.0. The molecule has 0 saturated carbocycles. The van der Waals surface area contributed by atoms with Crippen molar-refractivity contribution in [2.24, 2.45) is 5.92 Å². The van der Waals surface area contributed by atoms with Gasteiger partial charge in [-0.1, -0.05) is 13.3 Å². The lowest BCUT2D eigenvalue weighted by Crippen LogP contribution is -2.35. The number of nitrogens with zero attached hydrogens (tertiary/aromatic N) is 4. The summed E-state index contributed by atoms with van der Waals surface area (Å²) in [6, 6.07) is 5.99. The molecule has 158 valence electrons. The zero-order valence-electron chi connectivity index (χ0n) is 16.4. The summed E-state index contributed by atoms with van der Waals surface area (Å²) in [6.45, 7) is 1.00. The number of ether oxygens (including phenoxy) is 1. The fourth-order valence-electron chi connectivity index (χ4n) is 3.62. The lowest BCUT2D eigenvalue weighted by Gasteiger charge is -2.31. The molecule has 2 N–H and O–H groups in total. The van der Waals surface area contributed by atoms with Crippen LogP contribution in [0, 0.1) is 5.92 Å². The molecular weight excluding hydrogens is 394 g/mol. The quantitative estimate of drug-likeness (QED) is 0.633. The van der Waals surface area contributed by atoms with Gasteiger partial charge < -0.3 is 15.0 Å². The third-order valence-electron chi connectivity index (χ3n) is 5.32. The van der Waals surface area contributed by atoms with Gasteiger partial charge in [0.1, 0.15) is 22.5 Å². The number of fused-ring (bicyclic) bond motifs is 1. The number of hydrogen-bond acceptors (Lipinski definition) is 7. The average molecular weight is 416 g/mol. The fourth-order valence-corrected chi connectivity index (χ4v) is 3.62. The predicted octanol–water partition coefficient (Wildman–Crippen LogP) is 3.68. The zero-order valence-corrected chi connectivity index (χ0v) is 16.4. The third kappa shape index (κ3) is 4.32. The van der Waals surface area contributed by atoms with Crippen LogP contribution in [0.4, 0.5) is 26.2 Å². The summed E-state index contributed by atoms with van der Waals surface area (Å²) in [6.07, 6.45) is 4.79. The highest BCUT2D eigenvalue weighted by molar-refractivity contribution is 5.90. The summed E-state index contributed by atoms with van der Waals surface area (Å²) < 4.78 is 29.1. The molecule has 1 aliphatic heterocycles. The predicted molar refractivity (Wildman–Crippen MR) is 110 cm³/mol. The summed E-state index contributed by atoms with van der Waals surface area (Å²) in [7, 11) is 0. The first kappa shape index (κ1) is 20.0. The van der Waals surface area contributed by atoms with Gasteiger partial charge in [-0.25, -0.2) is 10.1 Å². The monoisotopic (exact) mass is 416 g/mol. The van der Waals surface area contributed by atoms with E-state index in [1.165, 1.54) is 18.3 Å². The summed E-state index contributed by atoms with van der Waals surface area (Å²) in [4.78, 5) is 23.6. The Hall–Kier alpha value is -3.30. The van der Waals surface area contributed by atoms with Gasteiger partial charge >= 0.3 is 6.61 Å². The Morgan fingerprint density at radius 1 is 1.23 bits per heavy atom. The number of alkyl halides is 2. The van der Waals surface area contributed by atoms with Gasteiger partial charge in [0.05, 0.1) is 6.20 Å². The van der Waals surface area contributed by atoms with E-state index in [1.54, 1.807) is 12.1 Å². The largest absolute Gasteiger partial charge is 0.435 e. The topological polar surface area (TPSA) is 96.0 Å².